The molecule has 0 spiro atoms. The van der Waals surface area contributed by atoms with Gasteiger partial charge in [-0.25, -0.2) is 14.6 Å². The van der Waals surface area contributed by atoms with Crippen molar-refractivity contribution in [1.29, 1.82) is 0 Å². The van der Waals surface area contributed by atoms with Gasteiger partial charge in [0.1, 0.15) is 11.8 Å². The lowest BCUT2D eigenvalue weighted by Crippen LogP contribution is -2.03. The lowest BCUT2D eigenvalue weighted by molar-refractivity contribution is 0.103. The number of ether oxygens (including phenoxy) is 1. The molecule has 0 aliphatic carbocycles. The van der Waals surface area contributed by atoms with Gasteiger partial charge in [0.15, 0.2) is 6.29 Å². The van der Waals surface area contributed by atoms with E-state index in [1.54, 1.807) is 24.7 Å². The number of rotatable bonds is 3. The molecule has 18 heavy (non-hydrogen) atoms. The summed E-state index contributed by atoms with van der Waals surface area (Å²) in [5.41, 5.74) is 1.21. The molecule has 1 atom stereocenters. The van der Waals surface area contributed by atoms with E-state index in [1.165, 1.54) is 4.68 Å². The van der Waals surface area contributed by atoms with Crippen molar-refractivity contribution in [2.24, 2.45) is 0 Å². The van der Waals surface area contributed by atoms with Gasteiger partial charge in [0.2, 0.25) is 5.95 Å². The number of hydrogen-bond acceptors (Lipinski definition) is 5. The van der Waals surface area contributed by atoms with Gasteiger partial charge in [-0.05, 0) is 18.9 Å². The highest BCUT2D eigenvalue weighted by Gasteiger charge is 2.24. The third kappa shape index (κ3) is 1.91. The van der Waals surface area contributed by atoms with Crippen molar-refractivity contribution in [2.75, 3.05) is 6.61 Å². The van der Waals surface area contributed by atoms with E-state index in [0.29, 0.717) is 17.2 Å². The fourth-order valence-corrected chi connectivity index (χ4v) is 2.05. The van der Waals surface area contributed by atoms with E-state index < -0.39 is 0 Å². The molecule has 6 nitrogen and oxygen atoms in total. The zero-order chi connectivity index (χ0) is 12.4. The summed E-state index contributed by atoms with van der Waals surface area (Å²) in [5.74, 6) is 0.449. The fourth-order valence-electron chi connectivity index (χ4n) is 2.05. The van der Waals surface area contributed by atoms with Crippen LogP contribution in [-0.2, 0) is 4.74 Å². The Morgan fingerprint density at radius 3 is 2.89 bits per heavy atom. The van der Waals surface area contributed by atoms with E-state index in [9.17, 15) is 4.79 Å². The first-order valence-electron chi connectivity index (χ1n) is 5.82. The number of hydrogen-bond donors (Lipinski definition) is 0. The highest BCUT2D eigenvalue weighted by atomic mass is 16.5. The first-order valence-corrected chi connectivity index (χ1v) is 5.82. The Hall–Kier alpha value is -2.08. The third-order valence-corrected chi connectivity index (χ3v) is 2.89. The monoisotopic (exact) mass is 244 g/mol. The second-order valence-electron chi connectivity index (χ2n) is 4.08. The summed E-state index contributed by atoms with van der Waals surface area (Å²) in [6, 6.07) is 1.73. The van der Waals surface area contributed by atoms with Crippen LogP contribution in [-0.4, -0.2) is 32.6 Å². The molecule has 2 aromatic rings. The van der Waals surface area contributed by atoms with Crippen molar-refractivity contribution in [3.05, 3.63) is 35.9 Å². The molecule has 92 valence electrons. The van der Waals surface area contributed by atoms with Crippen LogP contribution in [0.4, 0.5) is 0 Å². The van der Waals surface area contributed by atoms with Gasteiger partial charge in [-0.1, -0.05) is 0 Å². The maximum Gasteiger partial charge on any atom is 0.250 e. The average Bonchev–Trinajstić information content (AvgIpc) is 3.08. The van der Waals surface area contributed by atoms with Crippen molar-refractivity contribution in [3.8, 4) is 5.95 Å². The van der Waals surface area contributed by atoms with Crippen molar-refractivity contribution >= 4 is 6.29 Å². The Bertz CT molecular complexity index is 546. The number of aromatic nitrogens is 4. The molecular weight excluding hydrogens is 232 g/mol. The fraction of sp³-hybridized carbons (Fsp3) is 0.333. The summed E-state index contributed by atoms with van der Waals surface area (Å²) in [5, 5.41) is 4.37. The predicted octanol–water partition coefficient (Wildman–Crippen LogP) is 1.33. The summed E-state index contributed by atoms with van der Waals surface area (Å²) >= 11 is 0. The molecule has 0 saturated carbocycles. The van der Waals surface area contributed by atoms with Gasteiger partial charge >= 0.3 is 0 Å². The first kappa shape index (κ1) is 11.0. The van der Waals surface area contributed by atoms with E-state index in [1.807, 2.05) is 0 Å². The Kier molecular flexibility index (Phi) is 2.85. The number of carbonyl (C=O) groups excluding carboxylic acids is 1. The second kappa shape index (κ2) is 4.66. The molecule has 0 bridgehead atoms. The summed E-state index contributed by atoms with van der Waals surface area (Å²) in [4.78, 5) is 19.3. The zero-order valence-electron chi connectivity index (χ0n) is 9.69. The standard InChI is InChI=1S/C12H12N4O2/c17-8-9-7-16(12-13-4-2-5-14-12)15-11(9)10-3-1-6-18-10/h2,4-5,7-8,10H,1,3,6H2. The minimum Gasteiger partial charge on any atom is -0.372 e. The van der Waals surface area contributed by atoms with E-state index in [0.717, 1.165) is 25.7 Å². The van der Waals surface area contributed by atoms with Gasteiger partial charge in [0, 0.05) is 25.2 Å². The molecule has 0 radical (unpaired) electrons. The smallest absolute Gasteiger partial charge is 0.250 e. The maximum absolute atomic E-state index is 11.1. The van der Waals surface area contributed by atoms with Gasteiger partial charge < -0.3 is 4.74 Å². The number of aldehydes is 1. The molecule has 0 amide bonds. The highest BCUT2D eigenvalue weighted by Crippen LogP contribution is 2.29. The number of carbonyl (C=O) groups is 1. The minimum absolute atomic E-state index is 0.0878. The molecule has 1 fully saturated rings. The van der Waals surface area contributed by atoms with E-state index >= 15 is 0 Å². The quantitative estimate of drug-likeness (QED) is 0.762. The van der Waals surface area contributed by atoms with Crippen LogP contribution in [0.25, 0.3) is 5.95 Å². The van der Waals surface area contributed by atoms with Crippen LogP contribution in [0.15, 0.2) is 24.7 Å². The van der Waals surface area contributed by atoms with Gasteiger partial charge in [0.25, 0.3) is 0 Å². The summed E-state index contributed by atoms with van der Waals surface area (Å²) in [6.45, 7) is 0.720. The largest absolute Gasteiger partial charge is 0.372 e. The molecular formula is C12H12N4O2. The summed E-state index contributed by atoms with van der Waals surface area (Å²) in [7, 11) is 0. The lowest BCUT2D eigenvalue weighted by atomic mass is 10.1. The van der Waals surface area contributed by atoms with Gasteiger partial charge in [-0.3, -0.25) is 4.79 Å². The first-order chi connectivity index (χ1) is 8.88. The third-order valence-electron chi connectivity index (χ3n) is 2.89. The van der Waals surface area contributed by atoms with Crippen LogP contribution in [0.1, 0.15) is 35.0 Å². The van der Waals surface area contributed by atoms with Crippen LogP contribution < -0.4 is 0 Å². The van der Waals surface area contributed by atoms with Crippen LogP contribution in [0.5, 0.6) is 0 Å². The SMILES string of the molecule is O=Cc1cn(-c2ncccn2)nc1C1CCCO1. The second-order valence-corrected chi connectivity index (χ2v) is 4.08. The molecule has 3 heterocycles. The van der Waals surface area contributed by atoms with Gasteiger partial charge in [0.05, 0.1) is 5.56 Å². The lowest BCUT2D eigenvalue weighted by Gasteiger charge is -2.05. The van der Waals surface area contributed by atoms with Crippen molar-refractivity contribution in [1.82, 2.24) is 19.7 Å². The Labute approximate surface area is 104 Å². The topological polar surface area (TPSA) is 69.9 Å². The molecule has 0 aromatic carbocycles. The van der Waals surface area contributed by atoms with Crippen LogP contribution in [0.3, 0.4) is 0 Å². The van der Waals surface area contributed by atoms with Crippen LogP contribution in [0.2, 0.25) is 0 Å². The van der Waals surface area contributed by atoms with E-state index in [2.05, 4.69) is 15.1 Å². The van der Waals surface area contributed by atoms with Gasteiger partial charge in [-0.15, -0.1) is 0 Å². The van der Waals surface area contributed by atoms with Crippen LogP contribution >= 0.6 is 0 Å². The normalized spacial score (nSPS) is 19.0. The maximum atomic E-state index is 11.1. The molecule has 2 aromatic heterocycles. The molecule has 1 aliphatic heterocycles. The zero-order valence-corrected chi connectivity index (χ0v) is 9.69. The molecule has 0 N–H and O–H groups in total. The minimum atomic E-state index is -0.0878. The van der Waals surface area contributed by atoms with E-state index in [-0.39, 0.29) is 6.10 Å². The Morgan fingerprint density at radius 1 is 1.39 bits per heavy atom. The van der Waals surface area contributed by atoms with Crippen molar-refractivity contribution in [2.45, 2.75) is 18.9 Å². The average molecular weight is 244 g/mol. The molecule has 6 heteroatoms. The van der Waals surface area contributed by atoms with E-state index in [4.69, 9.17) is 4.74 Å². The predicted molar refractivity (Wildman–Crippen MR) is 62.5 cm³/mol. The number of nitrogens with zero attached hydrogens (tertiary/aromatic N) is 4. The molecule has 1 aliphatic rings. The van der Waals surface area contributed by atoms with Crippen molar-refractivity contribution < 1.29 is 9.53 Å². The van der Waals surface area contributed by atoms with Crippen LogP contribution in [0, 0.1) is 0 Å². The van der Waals surface area contributed by atoms with Crippen molar-refractivity contribution in [3.63, 3.8) is 0 Å². The Morgan fingerprint density at radius 2 is 2.22 bits per heavy atom. The molecule has 1 saturated heterocycles. The highest BCUT2D eigenvalue weighted by molar-refractivity contribution is 5.76. The summed E-state index contributed by atoms with van der Waals surface area (Å²) < 4.78 is 7.07. The molecule has 1 unspecified atom stereocenters. The molecule has 3 rings (SSSR count). The van der Waals surface area contributed by atoms with Gasteiger partial charge in [-0.2, -0.15) is 5.10 Å². The Balaban J connectivity index is 2.00. The summed E-state index contributed by atoms with van der Waals surface area (Å²) in [6.07, 6.45) is 7.51.